The monoisotopic (exact) mass is 321 g/mol. The van der Waals surface area contributed by atoms with Crippen molar-refractivity contribution in [1.29, 1.82) is 0 Å². The number of carbonyl (C=O) groups excluding carboxylic acids is 1. The molecule has 0 aliphatic heterocycles. The highest BCUT2D eigenvalue weighted by Crippen LogP contribution is 2.10. The van der Waals surface area contributed by atoms with Crippen LogP contribution in [-0.2, 0) is 22.6 Å². The summed E-state index contributed by atoms with van der Waals surface area (Å²) in [6.45, 7) is 5.27. The number of nitrogens with one attached hydrogen (secondary N) is 2. The summed E-state index contributed by atoms with van der Waals surface area (Å²) in [5, 5.41) is 10.5. The number of aryl methyl sites for hydroxylation is 2. The van der Waals surface area contributed by atoms with Gasteiger partial charge in [-0.25, -0.2) is 0 Å². The van der Waals surface area contributed by atoms with Gasteiger partial charge in [-0.2, -0.15) is 5.10 Å². The van der Waals surface area contributed by atoms with Crippen molar-refractivity contribution >= 4 is 17.5 Å². The zero-order chi connectivity index (χ0) is 15.9. The minimum Gasteiger partial charge on any atom is -0.375 e. The SMILES string of the molecule is Cc1n[nH]c(C)c1CC(=O)NCCOCc1ccc(Cl)cc1. The van der Waals surface area contributed by atoms with E-state index >= 15 is 0 Å². The Kier molecular flexibility index (Phi) is 5.98. The van der Waals surface area contributed by atoms with Crippen molar-refractivity contribution < 1.29 is 9.53 Å². The van der Waals surface area contributed by atoms with Crippen molar-refractivity contribution in [2.24, 2.45) is 0 Å². The first-order valence-corrected chi connectivity index (χ1v) is 7.53. The van der Waals surface area contributed by atoms with Crippen molar-refractivity contribution in [2.45, 2.75) is 26.9 Å². The Morgan fingerprint density at radius 2 is 2.05 bits per heavy atom. The topological polar surface area (TPSA) is 67.0 Å². The summed E-state index contributed by atoms with van der Waals surface area (Å²) >= 11 is 5.82. The average molecular weight is 322 g/mol. The lowest BCUT2D eigenvalue weighted by atomic mass is 10.1. The summed E-state index contributed by atoms with van der Waals surface area (Å²) in [5.41, 5.74) is 3.82. The Morgan fingerprint density at radius 3 is 2.68 bits per heavy atom. The zero-order valence-electron chi connectivity index (χ0n) is 12.8. The van der Waals surface area contributed by atoms with E-state index in [1.807, 2.05) is 38.1 Å². The molecule has 0 fully saturated rings. The van der Waals surface area contributed by atoms with Crippen molar-refractivity contribution in [3.05, 3.63) is 51.8 Å². The summed E-state index contributed by atoms with van der Waals surface area (Å²) < 4.78 is 5.52. The van der Waals surface area contributed by atoms with Crippen molar-refractivity contribution in [2.75, 3.05) is 13.2 Å². The number of H-pyrrole nitrogens is 1. The van der Waals surface area contributed by atoms with E-state index in [4.69, 9.17) is 16.3 Å². The molecule has 1 amide bonds. The molecule has 1 aromatic carbocycles. The largest absolute Gasteiger partial charge is 0.375 e. The van der Waals surface area contributed by atoms with Crippen LogP contribution in [0, 0.1) is 13.8 Å². The number of benzene rings is 1. The molecule has 1 heterocycles. The van der Waals surface area contributed by atoms with Gasteiger partial charge < -0.3 is 10.1 Å². The number of aromatic amines is 1. The van der Waals surface area contributed by atoms with Crippen LogP contribution in [0.4, 0.5) is 0 Å². The van der Waals surface area contributed by atoms with Crippen molar-refractivity contribution in [3.8, 4) is 0 Å². The minimum atomic E-state index is -0.0253. The number of amides is 1. The quantitative estimate of drug-likeness (QED) is 0.770. The molecular weight excluding hydrogens is 302 g/mol. The molecule has 6 heteroatoms. The van der Waals surface area contributed by atoms with Gasteiger partial charge in [0.2, 0.25) is 5.91 Å². The van der Waals surface area contributed by atoms with Crippen LogP contribution in [0.15, 0.2) is 24.3 Å². The molecule has 22 heavy (non-hydrogen) atoms. The maximum Gasteiger partial charge on any atom is 0.224 e. The Bertz CT molecular complexity index is 603. The van der Waals surface area contributed by atoms with Gasteiger partial charge in [-0.15, -0.1) is 0 Å². The fraction of sp³-hybridized carbons (Fsp3) is 0.375. The van der Waals surface area contributed by atoms with E-state index in [0.717, 1.165) is 22.5 Å². The van der Waals surface area contributed by atoms with E-state index in [1.165, 1.54) is 0 Å². The van der Waals surface area contributed by atoms with Crippen LogP contribution in [0.1, 0.15) is 22.5 Å². The minimum absolute atomic E-state index is 0.0253. The molecule has 0 saturated carbocycles. The second-order valence-corrected chi connectivity index (χ2v) is 5.55. The number of nitrogens with zero attached hydrogens (tertiary/aromatic N) is 1. The lowest BCUT2D eigenvalue weighted by molar-refractivity contribution is -0.120. The highest BCUT2D eigenvalue weighted by Gasteiger charge is 2.10. The predicted octanol–water partition coefficient (Wildman–Crippen LogP) is 2.56. The van der Waals surface area contributed by atoms with Gasteiger partial charge in [-0.1, -0.05) is 23.7 Å². The number of aromatic nitrogens is 2. The van der Waals surface area contributed by atoms with Gasteiger partial charge in [0, 0.05) is 22.8 Å². The molecule has 2 N–H and O–H groups in total. The normalized spacial score (nSPS) is 10.7. The molecule has 0 radical (unpaired) electrons. The van der Waals surface area contributed by atoms with Crippen molar-refractivity contribution in [1.82, 2.24) is 15.5 Å². The Labute approximate surface area is 135 Å². The standard InChI is InChI=1S/C16H20ClN3O2/c1-11-15(12(2)20-19-11)9-16(21)18-7-8-22-10-13-3-5-14(17)6-4-13/h3-6H,7-10H2,1-2H3,(H,18,21)(H,19,20). The Morgan fingerprint density at radius 1 is 1.32 bits per heavy atom. The van der Waals surface area contributed by atoms with Gasteiger partial charge >= 0.3 is 0 Å². The van der Waals surface area contributed by atoms with E-state index in [2.05, 4.69) is 15.5 Å². The molecule has 0 unspecified atom stereocenters. The number of hydrogen-bond donors (Lipinski definition) is 2. The number of carbonyl (C=O) groups is 1. The smallest absolute Gasteiger partial charge is 0.224 e. The summed E-state index contributed by atoms with van der Waals surface area (Å²) in [7, 11) is 0. The lowest BCUT2D eigenvalue weighted by Gasteiger charge is -2.07. The second-order valence-electron chi connectivity index (χ2n) is 5.12. The van der Waals surface area contributed by atoms with E-state index in [-0.39, 0.29) is 5.91 Å². The van der Waals surface area contributed by atoms with E-state index in [1.54, 1.807) is 0 Å². The van der Waals surface area contributed by atoms with Gasteiger partial charge in [-0.05, 0) is 31.5 Å². The van der Waals surface area contributed by atoms with E-state index in [0.29, 0.717) is 31.2 Å². The number of rotatable bonds is 7. The zero-order valence-corrected chi connectivity index (χ0v) is 13.5. The van der Waals surface area contributed by atoms with Crippen LogP contribution in [0.5, 0.6) is 0 Å². The third kappa shape index (κ3) is 4.86. The average Bonchev–Trinajstić information content (AvgIpc) is 2.81. The third-order valence-corrected chi connectivity index (χ3v) is 3.62. The molecule has 2 aromatic rings. The number of halogens is 1. The molecule has 0 bridgehead atoms. The van der Waals surface area contributed by atoms with Gasteiger partial charge in [-0.3, -0.25) is 9.89 Å². The molecule has 1 aromatic heterocycles. The molecule has 0 aliphatic rings. The summed E-state index contributed by atoms with van der Waals surface area (Å²) in [5.74, 6) is -0.0253. The van der Waals surface area contributed by atoms with Crippen LogP contribution >= 0.6 is 11.6 Å². The summed E-state index contributed by atoms with van der Waals surface area (Å²) in [6, 6.07) is 7.51. The highest BCUT2D eigenvalue weighted by molar-refractivity contribution is 6.30. The molecule has 2 rings (SSSR count). The molecular formula is C16H20ClN3O2. The fourth-order valence-corrected chi connectivity index (χ4v) is 2.22. The molecule has 0 atom stereocenters. The van der Waals surface area contributed by atoms with Gasteiger partial charge in [0.25, 0.3) is 0 Å². The van der Waals surface area contributed by atoms with Crippen LogP contribution in [0.25, 0.3) is 0 Å². The van der Waals surface area contributed by atoms with Gasteiger partial charge in [0.05, 0.1) is 25.3 Å². The lowest BCUT2D eigenvalue weighted by Crippen LogP contribution is -2.28. The van der Waals surface area contributed by atoms with Gasteiger partial charge in [0.15, 0.2) is 0 Å². The maximum absolute atomic E-state index is 11.9. The fourth-order valence-electron chi connectivity index (χ4n) is 2.09. The van der Waals surface area contributed by atoms with Crippen molar-refractivity contribution in [3.63, 3.8) is 0 Å². The third-order valence-electron chi connectivity index (χ3n) is 3.37. The van der Waals surface area contributed by atoms with Crippen LogP contribution in [-0.4, -0.2) is 29.3 Å². The summed E-state index contributed by atoms with van der Waals surface area (Å²) in [6.07, 6.45) is 0.339. The summed E-state index contributed by atoms with van der Waals surface area (Å²) in [4.78, 5) is 11.9. The first-order chi connectivity index (χ1) is 10.6. The molecule has 0 aliphatic carbocycles. The second kappa shape index (κ2) is 7.96. The van der Waals surface area contributed by atoms with E-state index < -0.39 is 0 Å². The number of ether oxygens (including phenoxy) is 1. The Hall–Kier alpha value is -1.85. The molecule has 5 nitrogen and oxygen atoms in total. The van der Waals surface area contributed by atoms with E-state index in [9.17, 15) is 4.79 Å². The first-order valence-electron chi connectivity index (χ1n) is 7.15. The Balaban J connectivity index is 1.64. The highest BCUT2D eigenvalue weighted by atomic mass is 35.5. The van der Waals surface area contributed by atoms with Crippen LogP contribution < -0.4 is 5.32 Å². The maximum atomic E-state index is 11.9. The molecule has 118 valence electrons. The number of hydrogen-bond acceptors (Lipinski definition) is 3. The predicted molar refractivity (Wildman–Crippen MR) is 85.9 cm³/mol. The first kappa shape index (κ1) is 16.5. The van der Waals surface area contributed by atoms with Crippen LogP contribution in [0.2, 0.25) is 5.02 Å². The molecule has 0 saturated heterocycles. The molecule has 0 spiro atoms. The van der Waals surface area contributed by atoms with Crippen LogP contribution in [0.3, 0.4) is 0 Å². The van der Waals surface area contributed by atoms with Gasteiger partial charge in [0.1, 0.15) is 0 Å².